The fraction of sp³-hybridized carbons (Fsp3) is 0.250. The molecule has 0 aromatic heterocycles. The summed E-state index contributed by atoms with van der Waals surface area (Å²) in [6.07, 6.45) is 1.89. The maximum absolute atomic E-state index is 13.2. The number of nitro benzene ring substituents is 1. The summed E-state index contributed by atoms with van der Waals surface area (Å²) in [5.74, 6) is 0.190. The highest BCUT2D eigenvalue weighted by molar-refractivity contribution is 5.49. The highest BCUT2D eigenvalue weighted by atomic mass is 19.1. The summed E-state index contributed by atoms with van der Waals surface area (Å²) in [4.78, 5) is 10.2. The smallest absolute Gasteiger partial charge is 0.269 e. The van der Waals surface area contributed by atoms with E-state index in [0.29, 0.717) is 12.0 Å². The Labute approximate surface area is 121 Å². The Morgan fingerprint density at radius 3 is 2.48 bits per heavy atom. The molecule has 0 amide bonds. The van der Waals surface area contributed by atoms with E-state index in [-0.39, 0.29) is 11.5 Å². The van der Waals surface area contributed by atoms with E-state index in [2.05, 4.69) is 5.32 Å². The number of hydrogen-bond acceptors (Lipinski definition) is 3. The summed E-state index contributed by atoms with van der Waals surface area (Å²) in [7, 11) is 0. The first-order valence-electron chi connectivity index (χ1n) is 6.88. The molecular formula is C16H15FN2O2. The Hall–Kier alpha value is -2.43. The maximum Gasteiger partial charge on any atom is 0.269 e. The largest absolute Gasteiger partial charge is 0.382 e. The zero-order valence-electron chi connectivity index (χ0n) is 11.3. The first-order valence-corrected chi connectivity index (χ1v) is 6.88. The number of nitrogens with zero attached hydrogens (tertiary/aromatic N) is 1. The summed E-state index contributed by atoms with van der Waals surface area (Å²) >= 11 is 0. The summed E-state index contributed by atoms with van der Waals surface area (Å²) in [5, 5.41) is 13.9. The van der Waals surface area contributed by atoms with Gasteiger partial charge in [0.2, 0.25) is 0 Å². The molecule has 3 rings (SSSR count). The Morgan fingerprint density at radius 2 is 1.86 bits per heavy atom. The second-order valence-electron chi connectivity index (χ2n) is 5.37. The molecule has 0 aliphatic heterocycles. The predicted molar refractivity (Wildman–Crippen MR) is 78.9 cm³/mol. The van der Waals surface area contributed by atoms with Gasteiger partial charge in [-0.15, -0.1) is 0 Å². The van der Waals surface area contributed by atoms with E-state index >= 15 is 0 Å². The monoisotopic (exact) mass is 286 g/mol. The molecule has 0 saturated heterocycles. The van der Waals surface area contributed by atoms with Crippen LogP contribution in [-0.4, -0.2) is 11.0 Å². The number of hydrogen-bond donors (Lipinski definition) is 1. The predicted octanol–water partition coefficient (Wildman–Crippen LogP) is 4.09. The molecule has 0 spiro atoms. The Morgan fingerprint density at radius 1 is 1.14 bits per heavy atom. The molecule has 21 heavy (non-hydrogen) atoms. The molecule has 1 aliphatic rings. The first kappa shape index (κ1) is 13.5. The molecule has 1 saturated carbocycles. The average Bonchev–Trinajstić information content (AvgIpc) is 2.43. The zero-order valence-corrected chi connectivity index (χ0v) is 11.3. The third kappa shape index (κ3) is 3.02. The van der Waals surface area contributed by atoms with Gasteiger partial charge in [0.05, 0.1) is 4.92 Å². The van der Waals surface area contributed by atoms with Gasteiger partial charge in [-0.1, -0.05) is 12.1 Å². The molecule has 1 N–H and O–H groups in total. The molecule has 4 nitrogen and oxygen atoms in total. The quantitative estimate of drug-likeness (QED) is 0.680. The van der Waals surface area contributed by atoms with Crippen LogP contribution in [0.2, 0.25) is 0 Å². The number of non-ortho nitro benzene ring substituents is 1. The van der Waals surface area contributed by atoms with Crippen molar-refractivity contribution in [3.8, 4) is 0 Å². The van der Waals surface area contributed by atoms with Crippen LogP contribution in [0.4, 0.5) is 15.8 Å². The van der Waals surface area contributed by atoms with Gasteiger partial charge in [-0.2, -0.15) is 0 Å². The number of nitrogens with one attached hydrogen (secondary N) is 1. The van der Waals surface area contributed by atoms with Gasteiger partial charge in [-0.3, -0.25) is 10.1 Å². The minimum Gasteiger partial charge on any atom is -0.382 e. The van der Waals surface area contributed by atoms with Gasteiger partial charge >= 0.3 is 0 Å². The summed E-state index contributed by atoms with van der Waals surface area (Å²) < 4.78 is 13.2. The van der Waals surface area contributed by atoms with Crippen molar-refractivity contribution in [3.05, 3.63) is 70.0 Å². The number of benzene rings is 2. The van der Waals surface area contributed by atoms with Gasteiger partial charge in [0.15, 0.2) is 0 Å². The van der Waals surface area contributed by atoms with Crippen molar-refractivity contribution in [3.63, 3.8) is 0 Å². The number of anilines is 1. The van der Waals surface area contributed by atoms with Crippen LogP contribution in [0.1, 0.15) is 24.3 Å². The number of rotatable bonds is 4. The minimum atomic E-state index is -0.410. The van der Waals surface area contributed by atoms with Crippen molar-refractivity contribution in [2.75, 3.05) is 5.32 Å². The third-order valence-electron chi connectivity index (χ3n) is 3.91. The Bertz CT molecular complexity index is 652. The van der Waals surface area contributed by atoms with Gasteiger partial charge in [0, 0.05) is 23.9 Å². The molecule has 0 unspecified atom stereocenters. The van der Waals surface area contributed by atoms with Gasteiger partial charge in [-0.25, -0.2) is 4.39 Å². The molecule has 2 aromatic rings. The van der Waals surface area contributed by atoms with Crippen LogP contribution in [0, 0.1) is 15.9 Å². The molecule has 1 fully saturated rings. The third-order valence-corrected chi connectivity index (χ3v) is 3.91. The highest BCUT2D eigenvalue weighted by Gasteiger charge is 2.30. The fourth-order valence-corrected chi connectivity index (χ4v) is 2.68. The van der Waals surface area contributed by atoms with Gasteiger partial charge in [0.25, 0.3) is 5.69 Å². The summed E-state index contributed by atoms with van der Waals surface area (Å²) in [6.45, 7) is 0. The van der Waals surface area contributed by atoms with Crippen LogP contribution >= 0.6 is 0 Å². The lowest BCUT2D eigenvalue weighted by Gasteiger charge is -2.36. The number of nitro groups is 1. The van der Waals surface area contributed by atoms with Crippen molar-refractivity contribution in [1.29, 1.82) is 0 Å². The average molecular weight is 286 g/mol. The SMILES string of the molecule is O=[N+]([O-])c1ccc(NC2CC(c3cccc(F)c3)C2)cc1. The van der Waals surface area contributed by atoms with E-state index in [9.17, 15) is 14.5 Å². The van der Waals surface area contributed by atoms with Gasteiger partial charge in [0.1, 0.15) is 5.82 Å². The molecule has 108 valence electrons. The van der Waals surface area contributed by atoms with Crippen molar-refractivity contribution in [2.24, 2.45) is 0 Å². The minimum absolute atomic E-state index is 0.0896. The fourth-order valence-electron chi connectivity index (χ4n) is 2.68. The van der Waals surface area contributed by atoms with Crippen LogP contribution < -0.4 is 5.32 Å². The summed E-state index contributed by atoms with van der Waals surface area (Å²) in [5.41, 5.74) is 2.01. The second-order valence-corrected chi connectivity index (χ2v) is 5.37. The second kappa shape index (κ2) is 5.52. The molecule has 0 radical (unpaired) electrons. The Kier molecular flexibility index (Phi) is 3.56. The van der Waals surface area contributed by atoms with E-state index in [0.717, 1.165) is 24.1 Å². The zero-order chi connectivity index (χ0) is 14.8. The highest BCUT2D eigenvalue weighted by Crippen LogP contribution is 2.38. The van der Waals surface area contributed by atoms with Crippen molar-refractivity contribution in [1.82, 2.24) is 0 Å². The van der Waals surface area contributed by atoms with Gasteiger partial charge < -0.3 is 5.32 Å². The van der Waals surface area contributed by atoms with E-state index in [1.165, 1.54) is 18.2 Å². The molecule has 0 heterocycles. The molecule has 0 atom stereocenters. The van der Waals surface area contributed by atoms with Gasteiger partial charge in [-0.05, 0) is 48.6 Å². The van der Waals surface area contributed by atoms with Crippen LogP contribution in [-0.2, 0) is 0 Å². The lowest BCUT2D eigenvalue weighted by molar-refractivity contribution is -0.384. The lowest BCUT2D eigenvalue weighted by atomic mass is 9.76. The van der Waals surface area contributed by atoms with Crippen molar-refractivity contribution in [2.45, 2.75) is 24.8 Å². The molecule has 1 aliphatic carbocycles. The molecule has 5 heteroatoms. The lowest BCUT2D eigenvalue weighted by Crippen LogP contribution is -2.34. The van der Waals surface area contributed by atoms with Crippen LogP contribution in [0.5, 0.6) is 0 Å². The van der Waals surface area contributed by atoms with Crippen molar-refractivity contribution < 1.29 is 9.31 Å². The first-order chi connectivity index (χ1) is 10.1. The van der Waals surface area contributed by atoms with Crippen LogP contribution in [0.15, 0.2) is 48.5 Å². The van der Waals surface area contributed by atoms with Crippen LogP contribution in [0.3, 0.4) is 0 Å². The van der Waals surface area contributed by atoms with Crippen LogP contribution in [0.25, 0.3) is 0 Å². The van der Waals surface area contributed by atoms with E-state index < -0.39 is 4.92 Å². The van der Waals surface area contributed by atoms with Crippen molar-refractivity contribution >= 4 is 11.4 Å². The maximum atomic E-state index is 13.2. The van der Waals surface area contributed by atoms with E-state index in [4.69, 9.17) is 0 Å². The standard InChI is InChI=1S/C16H15FN2O2/c17-13-3-1-2-11(8-13)12-9-15(10-12)18-14-4-6-16(7-5-14)19(20)21/h1-8,12,15,18H,9-10H2. The molecular weight excluding hydrogens is 271 g/mol. The molecule has 0 bridgehead atoms. The Balaban J connectivity index is 1.56. The van der Waals surface area contributed by atoms with E-state index in [1.54, 1.807) is 24.3 Å². The van der Waals surface area contributed by atoms with E-state index in [1.807, 2.05) is 6.07 Å². The summed E-state index contributed by atoms with van der Waals surface area (Å²) in [6, 6.07) is 13.5. The number of halogens is 1. The normalized spacial score (nSPS) is 20.6. The molecule has 2 aromatic carbocycles. The topological polar surface area (TPSA) is 55.2 Å².